The van der Waals surface area contributed by atoms with Gasteiger partial charge in [0.25, 0.3) is 0 Å². The summed E-state index contributed by atoms with van der Waals surface area (Å²) in [5.74, 6) is 0.650. The van der Waals surface area contributed by atoms with Crippen LogP contribution >= 0.6 is 0 Å². The van der Waals surface area contributed by atoms with Crippen molar-refractivity contribution >= 4 is 10.0 Å². The third-order valence-corrected chi connectivity index (χ3v) is 4.21. The maximum Gasteiger partial charge on any atom is 0.246 e. The van der Waals surface area contributed by atoms with Crippen molar-refractivity contribution in [1.82, 2.24) is 19.2 Å². The minimum Gasteiger partial charge on any atom is -0.361 e. The van der Waals surface area contributed by atoms with Crippen LogP contribution in [0.4, 0.5) is 0 Å². The van der Waals surface area contributed by atoms with Gasteiger partial charge >= 0.3 is 0 Å². The molecule has 0 N–H and O–H groups in total. The lowest BCUT2D eigenvalue weighted by atomic mass is 10.4. The number of rotatable bonds is 4. The zero-order valence-electron chi connectivity index (χ0n) is 10.4. The number of aromatic nitrogens is 3. The molecule has 0 aliphatic rings. The van der Waals surface area contributed by atoms with E-state index in [1.54, 1.807) is 20.0 Å². The summed E-state index contributed by atoms with van der Waals surface area (Å²) in [6.07, 6.45) is 2.78. The van der Waals surface area contributed by atoms with Gasteiger partial charge in [-0.1, -0.05) is 5.16 Å². The van der Waals surface area contributed by atoms with Crippen molar-refractivity contribution in [2.75, 3.05) is 7.05 Å². The molecular formula is C10H14N4O3S. The monoisotopic (exact) mass is 270 g/mol. The Morgan fingerprint density at radius 1 is 1.50 bits per heavy atom. The molecule has 8 heteroatoms. The smallest absolute Gasteiger partial charge is 0.246 e. The Bertz CT molecular complexity index is 644. The van der Waals surface area contributed by atoms with Gasteiger partial charge in [0.05, 0.1) is 18.4 Å². The molecule has 18 heavy (non-hydrogen) atoms. The van der Waals surface area contributed by atoms with Crippen LogP contribution in [-0.2, 0) is 23.6 Å². The van der Waals surface area contributed by atoms with E-state index in [0.29, 0.717) is 11.5 Å². The summed E-state index contributed by atoms with van der Waals surface area (Å²) in [5.41, 5.74) is 0.572. The normalized spacial score (nSPS) is 12.2. The Morgan fingerprint density at radius 3 is 2.72 bits per heavy atom. The van der Waals surface area contributed by atoms with Crippen LogP contribution in [0.3, 0.4) is 0 Å². The summed E-state index contributed by atoms with van der Waals surface area (Å²) in [6, 6.07) is 1.70. The molecule has 0 aliphatic carbocycles. The first kappa shape index (κ1) is 12.8. The molecule has 98 valence electrons. The summed E-state index contributed by atoms with van der Waals surface area (Å²) < 4.78 is 31.9. The van der Waals surface area contributed by atoms with Gasteiger partial charge in [0.15, 0.2) is 0 Å². The fourth-order valence-electron chi connectivity index (χ4n) is 1.52. The molecule has 2 heterocycles. The first-order valence-corrected chi connectivity index (χ1v) is 6.71. The van der Waals surface area contributed by atoms with Crippen molar-refractivity contribution < 1.29 is 12.9 Å². The average molecular weight is 270 g/mol. The van der Waals surface area contributed by atoms with Crippen molar-refractivity contribution in [2.45, 2.75) is 18.4 Å². The van der Waals surface area contributed by atoms with E-state index in [9.17, 15) is 8.42 Å². The number of hydrogen-bond donors (Lipinski definition) is 0. The number of aryl methyl sites for hydroxylation is 2. The van der Waals surface area contributed by atoms with Gasteiger partial charge in [0.1, 0.15) is 10.7 Å². The molecular weight excluding hydrogens is 256 g/mol. The Labute approximate surface area is 105 Å². The molecule has 0 fully saturated rings. The molecule has 7 nitrogen and oxygen atoms in total. The molecule has 0 saturated carbocycles. The molecule has 0 amide bonds. The van der Waals surface area contributed by atoms with Crippen molar-refractivity contribution in [3.05, 3.63) is 29.9 Å². The van der Waals surface area contributed by atoms with Crippen LogP contribution in [0.5, 0.6) is 0 Å². The number of nitrogens with zero attached hydrogens (tertiary/aromatic N) is 4. The van der Waals surface area contributed by atoms with Gasteiger partial charge in [0.2, 0.25) is 10.0 Å². The Kier molecular flexibility index (Phi) is 3.22. The molecule has 0 spiro atoms. The van der Waals surface area contributed by atoms with Crippen molar-refractivity contribution in [3.8, 4) is 0 Å². The standard InChI is InChI=1S/C10H14N4O3S/c1-8-4-9(12-17-8)6-14(3)18(15,16)10-5-11-13(2)7-10/h4-5,7H,6H2,1-3H3. The molecule has 2 aromatic rings. The number of hydrogen-bond acceptors (Lipinski definition) is 5. The fraction of sp³-hybridized carbons (Fsp3) is 0.400. The zero-order chi connectivity index (χ0) is 13.3. The highest BCUT2D eigenvalue weighted by Crippen LogP contribution is 2.15. The van der Waals surface area contributed by atoms with Crippen LogP contribution in [0, 0.1) is 6.92 Å². The van der Waals surface area contributed by atoms with Gasteiger partial charge in [-0.15, -0.1) is 0 Å². The Balaban J connectivity index is 2.20. The summed E-state index contributed by atoms with van der Waals surface area (Å²) in [6.45, 7) is 1.92. The summed E-state index contributed by atoms with van der Waals surface area (Å²) in [7, 11) is -0.380. The van der Waals surface area contributed by atoms with Gasteiger partial charge < -0.3 is 4.52 Å². The lowest BCUT2D eigenvalue weighted by Crippen LogP contribution is -2.26. The quantitative estimate of drug-likeness (QED) is 0.809. The van der Waals surface area contributed by atoms with E-state index in [2.05, 4.69) is 10.3 Å². The van der Waals surface area contributed by atoms with Crippen molar-refractivity contribution in [1.29, 1.82) is 0 Å². The maximum absolute atomic E-state index is 12.2. The molecule has 0 radical (unpaired) electrons. The molecule has 0 atom stereocenters. The fourth-order valence-corrected chi connectivity index (χ4v) is 2.65. The topological polar surface area (TPSA) is 81.2 Å². The third kappa shape index (κ3) is 2.44. The van der Waals surface area contributed by atoms with Crippen LogP contribution in [-0.4, -0.2) is 34.7 Å². The highest BCUT2D eigenvalue weighted by Gasteiger charge is 2.23. The highest BCUT2D eigenvalue weighted by molar-refractivity contribution is 7.89. The molecule has 0 aliphatic heterocycles. The average Bonchev–Trinajstić information content (AvgIpc) is 2.88. The van der Waals surface area contributed by atoms with E-state index in [4.69, 9.17) is 4.52 Å². The largest absolute Gasteiger partial charge is 0.361 e. The molecule has 0 bridgehead atoms. The third-order valence-electron chi connectivity index (χ3n) is 2.45. The van der Waals surface area contributed by atoms with E-state index < -0.39 is 10.0 Å². The molecule has 2 rings (SSSR count). The SMILES string of the molecule is Cc1cc(CN(C)S(=O)(=O)c2cnn(C)c2)no1. The first-order valence-electron chi connectivity index (χ1n) is 5.27. The second-order valence-corrected chi connectivity index (χ2v) is 6.08. The highest BCUT2D eigenvalue weighted by atomic mass is 32.2. The number of sulfonamides is 1. The van der Waals surface area contributed by atoms with Crippen LogP contribution in [0.25, 0.3) is 0 Å². The predicted molar refractivity (Wildman–Crippen MR) is 63.1 cm³/mol. The molecule has 0 unspecified atom stereocenters. The van der Waals surface area contributed by atoms with Gasteiger partial charge in [-0.3, -0.25) is 4.68 Å². The van der Waals surface area contributed by atoms with Gasteiger partial charge in [-0.25, -0.2) is 8.42 Å². The van der Waals surface area contributed by atoms with Crippen molar-refractivity contribution in [2.24, 2.45) is 7.05 Å². The van der Waals surface area contributed by atoms with Gasteiger partial charge in [-0.05, 0) is 6.92 Å². The molecule has 0 saturated heterocycles. The summed E-state index contributed by atoms with van der Waals surface area (Å²) in [4.78, 5) is 0.160. The van der Waals surface area contributed by atoms with Crippen LogP contribution in [0.15, 0.2) is 27.9 Å². The summed E-state index contributed by atoms with van der Waals surface area (Å²) >= 11 is 0. The minimum atomic E-state index is -3.54. The van der Waals surface area contributed by atoms with E-state index in [0.717, 1.165) is 0 Å². The molecule has 2 aromatic heterocycles. The second kappa shape index (κ2) is 4.54. The van der Waals surface area contributed by atoms with Gasteiger partial charge in [-0.2, -0.15) is 9.40 Å². The van der Waals surface area contributed by atoms with Crippen LogP contribution < -0.4 is 0 Å². The predicted octanol–water partition coefficient (Wildman–Crippen LogP) is 0.537. The van der Waals surface area contributed by atoms with Gasteiger partial charge in [0, 0.05) is 26.4 Å². The van der Waals surface area contributed by atoms with E-state index in [1.807, 2.05) is 0 Å². The maximum atomic E-state index is 12.2. The lowest BCUT2D eigenvalue weighted by Gasteiger charge is -2.13. The van der Waals surface area contributed by atoms with E-state index in [-0.39, 0.29) is 11.4 Å². The first-order chi connectivity index (χ1) is 8.39. The zero-order valence-corrected chi connectivity index (χ0v) is 11.2. The van der Waals surface area contributed by atoms with E-state index in [1.165, 1.54) is 28.4 Å². The molecule has 0 aromatic carbocycles. The Morgan fingerprint density at radius 2 is 2.22 bits per heavy atom. The second-order valence-electron chi connectivity index (χ2n) is 4.04. The minimum absolute atomic E-state index is 0.160. The Hall–Kier alpha value is -1.67. The van der Waals surface area contributed by atoms with E-state index >= 15 is 0 Å². The lowest BCUT2D eigenvalue weighted by molar-refractivity contribution is 0.378. The summed E-state index contributed by atoms with van der Waals surface area (Å²) in [5, 5.41) is 7.62. The van der Waals surface area contributed by atoms with Crippen molar-refractivity contribution in [3.63, 3.8) is 0 Å². The van der Waals surface area contributed by atoms with Crippen LogP contribution in [0.1, 0.15) is 11.5 Å². The van der Waals surface area contributed by atoms with Crippen LogP contribution in [0.2, 0.25) is 0 Å².